The van der Waals surface area contributed by atoms with Crippen LogP contribution in [0.4, 0.5) is 0 Å². The fraction of sp³-hybridized carbons (Fsp3) is 0.923. The molecule has 1 fully saturated rings. The number of carbonyl (C=O) groups is 1. The third-order valence-electron chi connectivity index (χ3n) is 3.19. The lowest BCUT2D eigenvalue weighted by molar-refractivity contribution is -0.125. The summed E-state index contributed by atoms with van der Waals surface area (Å²) in [4.78, 5) is 11.9. The molecule has 0 unspecified atom stereocenters. The van der Waals surface area contributed by atoms with E-state index in [1.165, 1.54) is 32.1 Å². The van der Waals surface area contributed by atoms with E-state index in [0.29, 0.717) is 6.54 Å². The molecule has 0 aromatic rings. The van der Waals surface area contributed by atoms with Gasteiger partial charge >= 0.3 is 0 Å². The fourth-order valence-electron chi connectivity index (χ4n) is 2.18. The van der Waals surface area contributed by atoms with Crippen LogP contribution in [0.5, 0.6) is 0 Å². The van der Waals surface area contributed by atoms with Gasteiger partial charge in [0.15, 0.2) is 0 Å². The van der Waals surface area contributed by atoms with Crippen molar-refractivity contribution in [1.82, 2.24) is 5.32 Å². The van der Waals surface area contributed by atoms with Gasteiger partial charge in [0.25, 0.3) is 0 Å². The van der Waals surface area contributed by atoms with E-state index in [4.69, 9.17) is 5.73 Å². The molecule has 0 aromatic heterocycles. The third-order valence-corrected chi connectivity index (χ3v) is 3.19. The zero-order chi connectivity index (χ0) is 12.0. The van der Waals surface area contributed by atoms with Crippen molar-refractivity contribution < 1.29 is 4.79 Å². The van der Waals surface area contributed by atoms with Crippen molar-refractivity contribution in [2.45, 2.75) is 64.3 Å². The average molecular weight is 226 g/mol. The molecule has 3 heteroatoms. The number of carbonyl (C=O) groups excluding carboxylic acids is 1. The van der Waals surface area contributed by atoms with Crippen molar-refractivity contribution in [2.75, 3.05) is 6.54 Å². The van der Waals surface area contributed by atoms with Crippen molar-refractivity contribution in [2.24, 2.45) is 11.7 Å². The van der Waals surface area contributed by atoms with Crippen LogP contribution in [0.3, 0.4) is 0 Å². The quantitative estimate of drug-likeness (QED) is 0.775. The molecule has 0 atom stereocenters. The number of nitrogens with one attached hydrogen (secondary N) is 1. The number of hydrogen-bond acceptors (Lipinski definition) is 2. The van der Waals surface area contributed by atoms with Crippen LogP contribution in [-0.4, -0.2) is 18.0 Å². The molecule has 1 amide bonds. The van der Waals surface area contributed by atoms with Gasteiger partial charge in [-0.1, -0.05) is 32.1 Å². The summed E-state index contributed by atoms with van der Waals surface area (Å²) < 4.78 is 0. The second-order valence-electron chi connectivity index (χ2n) is 5.75. The summed E-state index contributed by atoms with van der Waals surface area (Å²) in [6, 6.07) is 0. The monoisotopic (exact) mass is 226 g/mol. The molecule has 3 N–H and O–H groups in total. The van der Waals surface area contributed by atoms with E-state index >= 15 is 0 Å². The van der Waals surface area contributed by atoms with Gasteiger partial charge in [-0.3, -0.25) is 4.79 Å². The molecule has 0 spiro atoms. The predicted molar refractivity (Wildman–Crippen MR) is 67.1 cm³/mol. The van der Waals surface area contributed by atoms with Crippen LogP contribution in [0.15, 0.2) is 0 Å². The number of rotatable bonds is 3. The molecule has 1 rings (SSSR count). The summed E-state index contributed by atoms with van der Waals surface area (Å²) in [5, 5.41) is 2.98. The van der Waals surface area contributed by atoms with Crippen LogP contribution in [0.25, 0.3) is 0 Å². The Balaban J connectivity index is 2.33. The average Bonchev–Trinajstić information content (AvgIpc) is 2.12. The Morgan fingerprint density at radius 3 is 2.19 bits per heavy atom. The largest absolute Gasteiger partial charge is 0.354 e. The van der Waals surface area contributed by atoms with Gasteiger partial charge in [0.05, 0.1) is 0 Å². The molecular weight excluding hydrogens is 200 g/mol. The maximum Gasteiger partial charge on any atom is 0.223 e. The maximum atomic E-state index is 11.9. The lowest BCUT2D eigenvalue weighted by Gasteiger charge is -2.23. The first-order valence-corrected chi connectivity index (χ1v) is 6.56. The lowest BCUT2D eigenvalue weighted by atomic mass is 9.90. The SMILES string of the molecule is CC(C)(N)CNC(=O)C1CCCCCCC1. The minimum absolute atomic E-state index is 0.209. The molecule has 0 saturated heterocycles. The van der Waals surface area contributed by atoms with E-state index < -0.39 is 0 Å². The van der Waals surface area contributed by atoms with E-state index in [0.717, 1.165) is 12.8 Å². The molecular formula is C13H26N2O. The number of hydrogen-bond donors (Lipinski definition) is 2. The Hall–Kier alpha value is -0.570. The first-order chi connectivity index (χ1) is 7.49. The van der Waals surface area contributed by atoms with E-state index in [-0.39, 0.29) is 17.4 Å². The van der Waals surface area contributed by atoms with E-state index in [1.807, 2.05) is 13.8 Å². The lowest BCUT2D eigenvalue weighted by Crippen LogP contribution is -2.46. The van der Waals surface area contributed by atoms with Crippen LogP contribution in [0.2, 0.25) is 0 Å². The van der Waals surface area contributed by atoms with Crippen molar-refractivity contribution in [1.29, 1.82) is 0 Å². The van der Waals surface area contributed by atoms with E-state index in [1.54, 1.807) is 0 Å². The van der Waals surface area contributed by atoms with Gasteiger partial charge in [0.1, 0.15) is 0 Å². The van der Waals surface area contributed by atoms with Gasteiger partial charge in [-0.2, -0.15) is 0 Å². The smallest absolute Gasteiger partial charge is 0.223 e. The number of amides is 1. The molecule has 1 saturated carbocycles. The molecule has 3 nitrogen and oxygen atoms in total. The standard InChI is InChI=1S/C13H26N2O/c1-13(2,14)10-15-12(16)11-8-6-4-3-5-7-9-11/h11H,3-10,14H2,1-2H3,(H,15,16). The Bertz CT molecular complexity index is 212. The first-order valence-electron chi connectivity index (χ1n) is 6.56. The number of nitrogens with two attached hydrogens (primary N) is 1. The van der Waals surface area contributed by atoms with Gasteiger partial charge in [-0.15, -0.1) is 0 Å². The third kappa shape index (κ3) is 5.50. The Labute approximate surface area is 99.2 Å². The summed E-state index contributed by atoms with van der Waals surface area (Å²) in [6.07, 6.45) is 8.41. The second kappa shape index (κ2) is 6.24. The van der Waals surface area contributed by atoms with Gasteiger partial charge in [-0.05, 0) is 26.7 Å². The highest BCUT2D eigenvalue weighted by molar-refractivity contribution is 5.78. The fourth-order valence-corrected chi connectivity index (χ4v) is 2.18. The minimum Gasteiger partial charge on any atom is -0.354 e. The molecule has 1 aliphatic rings. The summed E-state index contributed by atoms with van der Waals surface area (Å²) in [5.41, 5.74) is 5.55. The van der Waals surface area contributed by atoms with Crippen LogP contribution in [0.1, 0.15) is 58.8 Å². The van der Waals surface area contributed by atoms with Crippen molar-refractivity contribution in [3.63, 3.8) is 0 Å². The van der Waals surface area contributed by atoms with Gasteiger partial charge in [-0.25, -0.2) is 0 Å². The zero-order valence-corrected chi connectivity index (χ0v) is 10.7. The maximum absolute atomic E-state index is 11.9. The van der Waals surface area contributed by atoms with E-state index in [2.05, 4.69) is 5.32 Å². The summed E-state index contributed by atoms with van der Waals surface area (Å²) in [6.45, 7) is 4.44. The first kappa shape index (κ1) is 13.5. The molecule has 0 heterocycles. The van der Waals surface area contributed by atoms with Gasteiger partial charge in [0, 0.05) is 18.0 Å². The van der Waals surface area contributed by atoms with Gasteiger partial charge < -0.3 is 11.1 Å². The Morgan fingerprint density at radius 2 is 1.69 bits per heavy atom. The van der Waals surface area contributed by atoms with Crippen LogP contribution in [-0.2, 0) is 4.79 Å². The van der Waals surface area contributed by atoms with Crippen molar-refractivity contribution >= 4 is 5.91 Å². The summed E-state index contributed by atoms with van der Waals surface area (Å²) >= 11 is 0. The van der Waals surface area contributed by atoms with Crippen LogP contribution < -0.4 is 11.1 Å². The normalized spacial score (nSPS) is 19.9. The molecule has 0 radical (unpaired) electrons. The molecule has 1 aliphatic carbocycles. The molecule has 0 aliphatic heterocycles. The van der Waals surface area contributed by atoms with Gasteiger partial charge in [0.2, 0.25) is 5.91 Å². The topological polar surface area (TPSA) is 55.1 Å². The summed E-state index contributed by atoms with van der Waals surface area (Å²) in [7, 11) is 0. The molecule has 16 heavy (non-hydrogen) atoms. The molecule has 0 bridgehead atoms. The molecule has 94 valence electrons. The predicted octanol–water partition coefficient (Wildman–Crippen LogP) is 2.20. The second-order valence-corrected chi connectivity index (χ2v) is 5.75. The Kier molecular flexibility index (Phi) is 5.26. The highest BCUT2D eigenvalue weighted by atomic mass is 16.1. The Morgan fingerprint density at radius 1 is 1.19 bits per heavy atom. The van der Waals surface area contributed by atoms with Crippen LogP contribution in [0, 0.1) is 5.92 Å². The minimum atomic E-state index is -0.308. The molecule has 0 aromatic carbocycles. The summed E-state index contributed by atoms with van der Waals surface area (Å²) in [5.74, 6) is 0.433. The zero-order valence-electron chi connectivity index (χ0n) is 10.7. The van der Waals surface area contributed by atoms with Crippen LogP contribution >= 0.6 is 0 Å². The van der Waals surface area contributed by atoms with Crippen molar-refractivity contribution in [3.8, 4) is 0 Å². The highest BCUT2D eigenvalue weighted by Gasteiger charge is 2.20. The highest BCUT2D eigenvalue weighted by Crippen LogP contribution is 2.22. The van der Waals surface area contributed by atoms with Crippen molar-refractivity contribution in [3.05, 3.63) is 0 Å². The van der Waals surface area contributed by atoms with E-state index in [9.17, 15) is 4.79 Å².